The van der Waals surface area contributed by atoms with E-state index in [0.717, 1.165) is 24.3 Å². The summed E-state index contributed by atoms with van der Waals surface area (Å²) in [4.78, 5) is 0. The van der Waals surface area contributed by atoms with Crippen molar-refractivity contribution in [2.45, 2.75) is 0 Å². The number of hydrogen-bond donors (Lipinski definition) is 0. The van der Waals surface area contributed by atoms with E-state index in [0.29, 0.717) is 12.1 Å². The van der Waals surface area contributed by atoms with Crippen molar-refractivity contribution in [3.05, 3.63) is 107 Å². The molecule has 0 aliphatic carbocycles. The van der Waals surface area contributed by atoms with Gasteiger partial charge in [-0.1, -0.05) is 24.3 Å². The summed E-state index contributed by atoms with van der Waals surface area (Å²) in [5.74, 6) is -12.3. The molecule has 0 atom stereocenters. The fraction of sp³-hybridized carbons (Fsp3) is 0. The first-order valence-corrected chi connectivity index (χ1v) is 9.82. The fourth-order valence-corrected chi connectivity index (χ4v) is 4.23. The first-order valence-electron chi connectivity index (χ1n) is 9.82. The van der Waals surface area contributed by atoms with Crippen molar-refractivity contribution in [1.29, 1.82) is 0 Å². The molecule has 0 saturated carbocycles. The first-order chi connectivity index (χ1) is 16.2. The Balaban J connectivity index is 2.13. The minimum absolute atomic E-state index is 0.0172. The van der Waals surface area contributed by atoms with Gasteiger partial charge in [-0.15, -0.1) is 0 Å². The van der Waals surface area contributed by atoms with Crippen molar-refractivity contribution in [3.8, 4) is 22.3 Å². The Kier molecular flexibility index (Phi) is 5.04. The summed E-state index contributed by atoms with van der Waals surface area (Å²) in [6, 6.07) is 10.2. The normalized spacial score (nSPS) is 11.5. The van der Waals surface area contributed by atoms with Gasteiger partial charge in [0.2, 0.25) is 0 Å². The molecule has 0 nitrogen and oxygen atoms in total. The largest absolute Gasteiger partial charge is 0.207 e. The minimum Gasteiger partial charge on any atom is -0.207 e. The molecule has 0 fully saturated rings. The summed E-state index contributed by atoms with van der Waals surface area (Å²) in [5, 5.41) is -1.72. The molecule has 0 amide bonds. The maximum absolute atomic E-state index is 15.3. The summed E-state index contributed by atoms with van der Waals surface area (Å²) in [7, 11) is 0. The molecule has 0 spiro atoms. The average Bonchev–Trinajstić information content (AvgIpc) is 2.81. The van der Waals surface area contributed by atoms with Crippen LogP contribution in [0.5, 0.6) is 0 Å². The Hall–Kier alpha value is -3.94. The monoisotopic (exact) mass is 474 g/mol. The van der Waals surface area contributed by atoms with Gasteiger partial charge in [0.15, 0.2) is 23.3 Å². The van der Waals surface area contributed by atoms with Crippen LogP contribution in [0.1, 0.15) is 0 Å². The Morgan fingerprint density at radius 2 is 0.794 bits per heavy atom. The van der Waals surface area contributed by atoms with E-state index in [4.69, 9.17) is 0 Å². The molecule has 34 heavy (non-hydrogen) atoms. The molecular formula is C26H10F8. The van der Waals surface area contributed by atoms with Gasteiger partial charge in [0.05, 0.1) is 0 Å². The highest BCUT2D eigenvalue weighted by Gasteiger charge is 2.29. The van der Waals surface area contributed by atoms with Gasteiger partial charge >= 0.3 is 0 Å². The highest BCUT2D eigenvalue weighted by atomic mass is 19.2. The number of benzene rings is 5. The van der Waals surface area contributed by atoms with E-state index in [9.17, 15) is 26.3 Å². The SMILES string of the molecule is Fc1ccc(-c2c3ccccc3c(-c3ccc(F)cc3F)c3c(F)c(F)c(F)c(F)c23)c(F)c1. The van der Waals surface area contributed by atoms with Crippen molar-refractivity contribution in [2.24, 2.45) is 0 Å². The lowest BCUT2D eigenvalue weighted by molar-refractivity contribution is 0.418. The van der Waals surface area contributed by atoms with Crippen LogP contribution in [0.3, 0.4) is 0 Å². The number of halogens is 8. The van der Waals surface area contributed by atoms with E-state index in [1.54, 1.807) is 0 Å². The topological polar surface area (TPSA) is 0 Å². The molecule has 0 bridgehead atoms. The van der Waals surface area contributed by atoms with Crippen LogP contribution in [0.4, 0.5) is 35.1 Å². The molecule has 170 valence electrons. The molecular weight excluding hydrogens is 464 g/mol. The zero-order valence-electron chi connectivity index (χ0n) is 16.8. The summed E-state index contributed by atoms with van der Waals surface area (Å²) < 4.78 is 116. The molecule has 5 aromatic rings. The van der Waals surface area contributed by atoms with Crippen LogP contribution in [-0.2, 0) is 0 Å². The van der Waals surface area contributed by atoms with Gasteiger partial charge in [0, 0.05) is 45.2 Å². The Labute approximate surface area is 186 Å². The molecule has 0 N–H and O–H groups in total. The zero-order valence-corrected chi connectivity index (χ0v) is 16.8. The van der Waals surface area contributed by atoms with Gasteiger partial charge in [-0.25, -0.2) is 35.1 Å². The van der Waals surface area contributed by atoms with Crippen LogP contribution >= 0.6 is 0 Å². The van der Waals surface area contributed by atoms with Gasteiger partial charge in [0.1, 0.15) is 23.3 Å². The van der Waals surface area contributed by atoms with Crippen molar-refractivity contribution in [1.82, 2.24) is 0 Å². The van der Waals surface area contributed by atoms with Crippen LogP contribution < -0.4 is 0 Å². The number of fused-ring (bicyclic) bond motifs is 2. The van der Waals surface area contributed by atoms with E-state index in [2.05, 4.69) is 0 Å². The molecule has 0 radical (unpaired) electrons. The second-order valence-electron chi connectivity index (χ2n) is 7.55. The second kappa shape index (κ2) is 7.83. The average molecular weight is 474 g/mol. The van der Waals surface area contributed by atoms with Crippen molar-refractivity contribution in [3.63, 3.8) is 0 Å². The fourth-order valence-electron chi connectivity index (χ4n) is 4.23. The summed E-state index contributed by atoms with van der Waals surface area (Å²) in [6.45, 7) is 0. The molecule has 8 heteroatoms. The van der Waals surface area contributed by atoms with Gasteiger partial charge in [-0.2, -0.15) is 0 Å². The molecule has 5 rings (SSSR count). The van der Waals surface area contributed by atoms with Crippen LogP contribution in [0.15, 0.2) is 60.7 Å². The molecule has 0 aliphatic rings. The highest BCUT2D eigenvalue weighted by molar-refractivity contribution is 6.21. The third kappa shape index (κ3) is 3.13. The van der Waals surface area contributed by atoms with Crippen molar-refractivity contribution >= 4 is 21.5 Å². The summed E-state index contributed by atoms with van der Waals surface area (Å²) >= 11 is 0. The van der Waals surface area contributed by atoms with Gasteiger partial charge in [-0.05, 0) is 35.0 Å². The third-order valence-electron chi connectivity index (χ3n) is 5.63. The Morgan fingerprint density at radius 3 is 1.15 bits per heavy atom. The zero-order chi connectivity index (χ0) is 24.3. The Morgan fingerprint density at radius 1 is 0.412 bits per heavy atom. The van der Waals surface area contributed by atoms with Crippen LogP contribution in [0.25, 0.3) is 43.8 Å². The lowest BCUT2D eigenvalue weighted by Crippen LogP contribution is -2.03. The molecule has 0 aliphatic heterocycles. The quantitative estimate of drug-likeness (QED) is 0.104. The lowest BCUT2D eigenvalue weighted by atomic mass is 9.85. The molecule has 0 saturated heterocycles. The van der Waals surface area contributed by atoms with E-state index in [1.807, 2.05) is 0 Å². The first kappa shape index (κ1) is 21.9. The predicted molar refractivity (Wildman–Crippen MR) is 112 cm³/mol. The maximum Gasteiger partial charge on any atom is 0.198 e. The van der Waals surface area contributed by atoms with E-state index in [1.165, 1.54) is 24.3 Å². The van der Waals surface area contributed by atoms with E-state index >= 15 is 8.78 Å². The summed E-state index contributed by atoms with van der Waals surface area (Å²) in [6.07, 6.45) is 0. The molecule has 0 heterocycles. The molecule has 0 aromatic heterocycles. The van der Waals surface area contributed by atoms with Crippen molar-refractivity contribution in [2.75, 3.05) is 0 Å². The number of rotatable bonds is 2. The highest BCUT2D eigenvalue weighted by Crippen LogP contribution is 2.47. The van der Waals surface area contributed by atoms with Crippen LogP contribution in [-0.4, -0.2) is 0 Å². The van der Waals surface area contributed by atoms with Crippen molar-refractivity contribution < 1.29 is 35.1 Å². The van der Waals surface area contributed by atoms with E-state index < -0.39 is 68.4 Å². The maximum atomic E-state index is 15.3. The minimum atomic E-state index is -2.16. The smallest absolute Gasteiger partial charge is 0.198 e. The van der Waals surface area contributed by atoms with Gasteiger partial charge < -0.3 is 0 Å². The molecule has 0 unspecified atom stereocenters. The Bertz CT molecular complexity index is 1520. The van der Waals surface area contributed by atoms with E-state index in [-0.39, 0.29) is 21.9 Å². The van der Waals surface area contributed by atoms with Gasteiger partial charge in [0.25, 0.3) is 0 Å². The second-order valence-corrected chi connectivity index (χ2v) is 7.55. The summed E-state index contributed by atoms with van der Waals surface area (Å²) in [5.41, 5.74) is -1.61. The van der Waals surface area contributed by atoms with Gasteiger partial charge in [-0.3, -0.25) is 0 Å². The molecule has 5 aromatic carbocycles. The van der Waals surface area contributed by atoms with Crippen LogP contribution in [0, 0.1) is 46.5 Å². The third-order valence-corrected chi connectivity index (χ3v) is 5.63. The predicted octanol–water partition coefficient (Wildman–Crippen LogP) is 8.44. The van der Waals surface area contributed by atoms with Crippen LogP contribution in [0.2, 0.25) is 0 Å². The lowest BCUT2D eigenvalue weighted by Gasteiger charge is -2.19. The standard InChI is InChI=1S/C26H10F8/c27-11-5-7-15(17(29)9-11)19-13-3-1-2-4-14(13)20(16-8-6-12(28)10-18(16)30)22-21(19)23(31)25(33)26(34)24(22)32/h1-10H. The number of hydrogen-bond acceptors (Lipinski definition) is 0.